The van der Waals surface area contributed by atoms with Crippen LogP contribution in [0, 0.1) is 11.8 Å². The molecule has 1 aromatic rings. The van der Waals surface area contributed by atoms with Gasteiger partial charge in [0, 0.05) is 24.9 Å². The summed E-state index contributed by atoms with van der Waals surface area (Å²) >= 11 is 0. The highest BCUT2D eigenvalue weighted by atomic mass is 16.2. The Balaban J connectivity index is 2.34. The maximum atomic E-state index is 10.9. The van der Waals surface area contributed by atoms with Crippen molar-refractivity contribution in [1.82, 2.24) is 15.6 Å². The maximum absolute atomic E-state index is 10.9. The van der Waals surface area contributed by atoms with Crippen molar-refractivity contribution < 1.29 is 9.59 Å². The fourth-order valence-corrected chi connectivity index (χ4v) is 0.912. The Labute approximate surface area is 93.3 Å². The molecule has 0 fully saturated rings. The molecule has 2 N–H and O–H groups in total. The number of carbonyl (C=O) groups is 2. The van der Waals surface area contributed by atoms with E-state index in [9.17, 15) is 9.59 Å². The topological polar surface area (TPSA) is 71.1 Å². The summed E-state index contributed by atoms with van der Waals surface area (Å²) in [6.45, 7) is 1.44. The monoisotopic (exact) mass is 217 g/mol. The second-order valence-electron chi connectivity index (χ2n) is 2.91. The van der Waals surface area contributed by atoms with E-state index >= 15 is 0 Å². The molecule has 0 spiro atoms. The van der Waals surface area contributed by atoms with Crippen LogP contribution in [-0.2, 0) is 4.79 Å². The molecule has 1 aromatic heterocycles. The standard InChI is InChI=1S/C11H11N3O2/c1-9(15)14-11(16)13-7-3-5-10-4-2-6-12-8-10/h2,4,6,8H,7H2,1H3,(H2,13,14,15,16). The van der Waals surface area contributed by atoms with Crippen molar-refractivity contribution >= 4 is 11.9 Å². The molecule has 0 unspecified atom stereocenters. The van der Waals surface area contributed by atoms with Crippen LogP contribution < -0.4 is 10.6 Å². The lowest BCUT2D eigenvalue weighted by Crippen LogP contribution is -2.38. The molecule has 82 valence electrons. The number of urea groups is 1. The molecule has 5 nitrogen and oxygen atoms in total. The molecule has 0 saturated carbocycles. The first kappa shape index (κ1) is 11.7. The van der Waals surface area contributed by atoms with E-state index in [-0.39, 0.29) is 6.54 Å². The second kappa shape index (κ2) is 6.19. The van der Waals surface area contributed by atoms with E-state index in [4.69, 9.17) is 0 Å². The summed E-state index contributed by atoms with van der Waals surface area (Å²) in [6, 6.07) is 3.04. The molecule has 1 heterocycles. The van der Waals surface area contributed by atoms with E-state index in [1.165, 1.54) is 6.92 Å². The molecule has 0 aliphatic rings. The maximum Gasteiger partial charge on any atom is 0.322 e. The van der Waals surface area contributed by atoms with E-state index in [2.05, 4.69) is 27.5 Å². The lowest BCUT2D eigenvalue weighted by molar-refractivity contribution is -0.117. The van der Waals surface area contributed by atoms with Crippen LogP contribution in [0.15, 0.2) is 24.5 Å². The Kier molecular flexibility index (Phi) is 4.54. The summed E-state index contributed by atoms with van der Waals surface area (Å²) in [5.41, 5.74) is 0.774. The number of carbonyl (C=O) groups excluding carboxylic acids is 2. The number of hydrogen-bond acceptors (Lipinski definition) is 3. The van der Waals surface area contributed by atoms with Crippen LogP contribution in [0.3, 0.4) is 0 Å². The average Bonchev–Trinajstić information content (AvgIpc) is 2.25. The van der Waals surface area contributed by atoms with Gasteiger partial charge < -0.3 is 5.32 Å². The molecule has 0 aromatic carbocycles. The number of hydrogen-bond donors (Lipinski definition) is 2. The summed E-state index contributed by atoms with van der Waals surface area (Å²) in [4.78, 5) is 25.3. The molecule has 0 aliphatic heterocycles. The van der Waals surface area contributed by atoms with Crippen molar-refractivity contribution in [3.05, 3.63) is 30.1 Å². The fourth-order valence-electron chi connectivity index (χ4n) is 0.912. The Bertz CT molecular complexity index is 432. The van der Waals surface area contributed by atoms with Crippen LogP contribution in [0.4, 0.5) is 4.79 Å². The van der Waals surface area contributed by atoms with Crippen molar-refractivity contribution in [3.8, 4) is 11.8 Å². The van der Waals surface area contributed by atoms with Gasteiger partial charge in [0.2, 0.25) is 5.91 Å². The van der Waals surface area contributed by atoms with Crippen LogP contribution in [-0.4, -0.2) is 23.5 Å². The van der Waals surface area contributed by atoms with Crippen LogP contribution in [0.5, 0.6) is 0 Å². The third-order valence-electron chi connectivity index (χ3n) is 1.52. The number of nitrogens with zero attached hydrogens (tertiary/aromatic N) is 1. The molecule has 1 rings (SSSR count). The zero-order valence-electron chi connectivity index (χ0n) is 8.78. The Morgan fingerprint density at radius 1 is 1.50 bits per heavy atom. The van der Waals surface area contributed by atoms with E-state index in [0.717, 1.165) is 5.56 Å². The van der Waals surface area contributed by atoms with Crippen LogP contribution in [0.25, 0.3) is 0 Å². The van der Waals surface area contributed by atoms with Gasteiger partial charge in [-0.1, -0.05) is 11.8 Å². The Morgan fingerprint density at radius 3 is 2.94 bits per heavy atom. The van der Waals surface area contributed by atoms with Gasteiger partial charge in [0.05, 0.1) is 6.54 Å². The molecule has 0 saturated heterocycles. The lowest BCUT2D eigenvalue weighted by Gasteiger charge is -1.99. The number of nitrogens with one attached hydrogen (secondary N) is 2. The van der Waals surface area contributed by atoms with Crippen molar-refractivity contribution in [3.63, 3.8) is 0 Å². The fraction of sp³-hybridized carbons (Fsp3) is 0.182. The normalized spacial score (nSPS) is 8.56. The Hall–Kier alpha value is -2.35. The Morgan fingerprint density at radius 2 is 2.31 bits per heavy atom. The first-order valence-corrected chi connectivity index (χ1v) is 4.63. The molecule has 16 heavy (non-hydrogen) atoms. The largest absolute Gasteiger partial charge is 0.327 e. The minimum Gasteiger partial charge on any atom is -0.327 e. The van der Waals surface area contributed by atoms with Gasteiger partial charge in [-0.25, -0.2) is 4.79 Å². The second-order valence-corrected chi connectivity index (χ2v) is 2.91. The molecule has 0 radical (unpaired) electrons. The molecule has 0 bridgehead atoms. The van der Waals surface area contributed by atoms with Gasteiger partial charge >= 0.3 is 6.03 Å². The minimum atomic E-state index is -0.548. The third-order valence-corrected chi connectivity index (χ3v) is 1.52. The van der Waals surface area contributed by atoms with Gasteiger partial charge in [0.1, 0.15) is 0 Å². The highest BCUT2D eigenvalue weighted by Crippen LogP contribution is 1.90. The zero-order valence-corrected chi connectivity index (χ0v) is 8.78. The van der Waals surface area contributed by atoms with Gasteiger partial charge in [0.25, 0.3) is 0 Å². The van der Waals surface area contributed by atoms with Gasteiger partial charge in [-0.05, 0) is 12.1 Å². The van der Waals surface area contributed by atoms with Gasteiger partial charge in [-0.3, -0.25) is 15.1 Å². The van der Waals surface area contributed by atoms with E-state index in [0.29, 0.717) is 0 Å². The van der Waals surface area contributed by atoms with Gasteiger partial charge in [-0.15, -0.1) is 0 Å². The van der Waals surface area contributed by atoms with Crippen molar-refractivity contribution in [2.75, 3.05) is 6.54 Å². The molecule has 3 amide bonds. The molecular formula is C11H11N3O2. The molecule has 5 heteroatoms. The first-order chi connectivity index (χ1) is 7.68. The average molecular weight is 217 g/mol. The van der Waals surface area contributed by atoms with Gasteiger partial charge in [-0.2, -0.15) is 0 Å². The number of rotatable bonds is 1. The van der Waals surface area contributed by atoms with E-state index in [1.54, 1.807) is 18.5 Å². The zero-order chi connectivity index (χ0) is 11.8. The molecule has 0 atom stereocenters. The third kappa shape index (κ3) is 4.77. The molecule has 0 aliphatic carbocycles. The number of aromatic nitrogens is 1. The highest BCUT2D eigenvalue weighted by molar-refractivity contribution is 5.93. The first-order valence-electron chi connectivity index (χ1n) is 4.63. The van der Waals surface area contributed by atoms with Crippen LogP contribution in [0.1, 0.15) is 12.5 Å². The summed E-state index contributed by atoms with van der Waals surface area (Å²) in [7, 11) is 0. The van der Waals surface area contributed by atoms with E-state index < -0.39 is 11.9 Å². The quantitative estimate of drug-likeness (QED) is 0.664. The van der Waals surface area contributed by atoms with Crippen molar-refractivity contribution in [2.45, 2.75) is 6.92 Å². The summed E-state index contributed by atoms with van der Waals surface area (Å²) in [5.74, 6) is 5.14. The molecular weight excluding hydrogens is 206 g/mol. The predicted octanol–water partition coefficient (Wildman–Crippen LogP) is 0.279. The van der Waals surface area contributed by atoms with Crippen molar-refractivity contribution in [2.24, 2.45) is 0 Å². The highest BCUT2D eigenvalue weighted by Gasteiger charge is 1.98. The summed E-state index contributed by atoms with van der Waals surface area (Å²) < 4.78 is 0. The number of amides is 3. The van der Waals surface area contributed by atoms with Crippen molar-refractivity contribution in [1.29, 1.82) is 0 Å². The smallest absolute Gasteiger partial charge is 0.322 e. The van der Waals surface area contributed by atoms with Crippen LogP contribution >= 0.6 is 0 Å². The SMILES string of the molecule is CC(=O)NC(=O)NCC#Cc1cccnc1. The van der Waals surface area contributed by atoms with Gasteiger partial charge in [0.15, 0.2) is 0 Å². The number of pyridine rings is 1. The minimum absolute atomic E-state index is 0.175. The summed E-state index contributed by atoms with van der Waals surface area (Å²) in [5, 5.41) is 4.49. The van der Waals surface area contributed by atoms with Crippen LogP contribution in [0.2, 0.25) is 0 Å². The predicted molar refractivity (Wildman–Crippen MR) is 58.3 cm³/mol. The van der Waals surface area contributed by atoms with E-state index in [1.807, 2.05) is 6.07 Å². The number of imide groups is 1. The summed E-state index contributed by atoms with van der Waals surface area (Å²) in [6.07, 6.45) is 3.28. The lowest BCUT2D eigenvalue weighted by atomic mass is 10.3.